The number of benzene rings is 3. The minimum absolute atomic E-state index is 0.333. The van der Waals surface area contributed by atoms with Crippen LogP contribution in [0.25, 0.3) is 34.2 Å². The van der Waals surface area contributed by atoms with E-state index in [1.165, 1.54) is 0 Å². The maximum Gasteiger partial charge on any atom is 0.216 e. The van der Waals surface area contributed by atoms with Crippen LogP contribution in [0.3, 0.4) is 0 Å². The summed E-state index contributed by atoms with van der Waals surface area (Å²) < 4.78 is 18.3. The van der Waals surface area contributed by atoms with Crippen LogP contribution in [0.4, 0.5) is 0 Å². The lowest BCUT2D eigenvalue weighted by Crippen LogP contribution is -2.24. The van der Waals surface area contributed by atoms with Gasteiger partial charge in [-0.2, -0.15) is 0 Å². The van der Waals surface area contributed by atoms with Crippen molar-refractivity contribution in [2.45, 2.75) is 58.3 Å². The fraction of sp³-hybridized carbons (Fsp3) is 0.333. The Kier molecular flexibility index (Phi) is 6.80. The largest absolute Gasteiger partial charge is 0.469 e. The third-order valence-corrected chi connectivity index (χ3v) is 7.67. The Bertz CT molecular complexity index is 1680. The molecule has 3 aliphatic rings. The molecule has 0 atom stereocenters. The molecule has 0 saturated carbocycles. The van der Waals surface area contributed by atoms with Gasteiger partial charge in [-0.1, -0.05) is 36.4 Å². The minimum Gasteiger partial charge on any atom is -0.469 e. The van der Waals surface area contributed by atoms with E-state index in [1.54, 1.807) is 0 Å². The Morgan fingerprint density at radius 3 is 0.933 bits per heavy atom. The first-order chi connectivity index (χ1) is 21.4. The molecule has 0 radical (unpaired) electrons. The Labute approximate surface area is 263 Å². The van der Waals surface area contributed by atoms with Crippen molar-refractivity contribution in [1.29, 1.82) is 0 Å². The normalized spacial score (nSPS) is 19.2. The summed E-state index contributed by atoms with van der Waals surface area (Å²) in [6, 6.07) is 23.9. The van der Waals surface area contributed by atoms with Gasteiger partial charge in [-0.15, -0.1) is 0 Å². The highest BCUT2D eigenvalue weighted by molar-refractivity contribution is 5.98. The second kappa shape index (κ2) is 10.6. The number of hydrogen-bond donors (Lipinski definition) is 0. The summed E-state index contributed by atoms with van der Waals surface area (Å²) in [4.78, 5) is 28.8. The monoisotopic (exact) mass is 600 g/mol. The maximum atomic E-state index is 6.12. The molecule has 0 fully saturated rings. The van der Waals surface area contributed by atoms with Gasteiger partial charge in [0, 0.05) is 33.4 Å². The Morgan fingerprint density at radius 2 is 0.689 bits per heavy atom. The van der Waals surface area contributed by atoms with Crippen LogP contribution in [0.15, 0.2) is 87.8 Å². The zero-order valence-corrected chi connectivity index (χ0v) is 26.5. The van der Waals surface area contributed by atoms with Gasteiger partial charge in [-0.3, -0.25) is 0 Å². The summed E-state index contributed by atoms with van der Waals surface area (Å²) in [5.74, 6) is 3.48. The van der Waals surface area contributed by atoms with E-state index in [0.29, 0.717) is 54.8 Å². The molecule has 1 aromatic heterocycles. The summed E-state index contributed by atoms with van der Waals surface area (Å²) in [5, 5.41) is 0. The lowest BCUT2D eigenvalue weighted by molar-refractivity contribution is 0.131. The molecule has 0 amide bonds. The van der Waals surface area contributed by atoms with Crippen molar-refractivity contribution in [2.75, 3.05) is 19.6 Å². The summed E-state index contributed by atoms with van der Waals surface area (Å²) in [7, 11) is 0. The van der Waals surface area contributed by atoms with Crippen molar-refractivity contribution >= 4 is 17.7 Å². The van der Waals surface area contributed by atoms with Gasteiger partial charge in [0.1, 0.15) is 16.8 Å². The first kappa shape index (κ1) is 28.8. The first-order valence-electron chi connectivity index (χ1n) is 15.2. The highest BCUT2D eigenvalue weighted by Crippen LogP contribution is 2.30. The third kappa shape index (κ3) is 6.07. The van der Waals surface area contributed by atoms with E-state index >= 15 is 0 Å². The van der Waals surface area contributed by atoms with Crippen LogP contribution < -0.4 is 0 Å². The molecule has 3 aromatic carbocycles. The van der Waals surface area contributed by atoms with E-state index < -0.39 is 0 Å². The SMILES string of the molecule is CC1(C)CN=C(c2cccc(-c3nc(-c4cccc(C5=NCC(C)(C)O5)c4)nc(-c4cccc(C5=NCC(C)(C)O5)c4)n3)c2)O1. The quantitative estimate of drug-likeness (QED) is 0.249. The van der Waals surface area contributed by atoms with Gasteiger partial charge < -0.3 is 14.2 Å². The number of aromatic nitrogens is 3. The molecule has 4 heterocycles. The summed E-state index contributed by atoms with van der Waals surface area (Å²) in [5.41, 5.74) is 4.12. The van der Waals surface area contributed by atoms with Crippen LogP contribution in [0.5, 0.6) is 0 Å². The fourth-order valence-corrected chi connectivity index (χ4v) is 5.35. The van der Waals surface area contributed by atoms with Crippen LogP contribution in [0.1, 0.15) is 58.2 Å². The number of hydrogen-bond acceptors (Lipinski definition) is 9. The van der Waals surface area contributed by atoms with Crippen molar-refractivity contribution in [3.8, 4) is 34.2 Å². The predicted octanol–water partition coefficient (Wildman–Crippen LogP) is 6.54. The van der Waals surface area contributed by atoms with Crippen molar-refractivity contribution in [3.05, 3.63) is 89.5 Å². The van der Waals surface area contributed by atoms with Crippen LogP contribution in [-0.2, 0) is 14.2 Å². The van der Waals surface area contributed by atoms with Gasteiger partial charge in [0.2, 0.25) is 17.7 Å². The highest BCUT2D eigenvalue weighted by atomic mass is 16.5. The molecule has 0 N–H and O–H groups in total. The van der Waals surface area contributed by atoms with Gasteiger partial charge in [0.05, 0.1) is 19.6 Å². The average molecular weight is 601 g/mol. The van der Waals surface area contributed by atoms with Gasteiger partial charge in [-0.25, -0.2) is 29.9 Å². The number of aliphatic imine (C=N–C) groups is 3. The molecular weight excluding hydrogens is 564 g/mol. The molecule has 0 bridgehead atoms. The summed E-state index contributed by atoms with van der Waals surface area (Å²) >= 11 is 0. The van der Waals surface area contributed by atoms with Gasteiger partial charge in [0.15, 0.2) is 17.5 Å². The Hall–Kier alpha value is -4.92. The first-order valence-corrected chi connectivity index (χ1v) is 15.2. The van der Waals surface area contributed by atoms with Crippen LogP contribution >= 0.6 is 0 Å². The second-order valence-corrected chi connectivity index (χ2v) is 13.5. The molecule has 0 aliphatic carbocycles. The second-order valence-electron chi connectivity index (χ2n) is 13.5. The van der Waals surface area contributed by atoms with Crippen LogP contribution in [-0.4, -0.2) is 69.1 Å². The summed E-state index contributed by atoms with van der Waals surface area (Å²) in [6.45, 7) is 14.0. The fourth-order valence-electron chi connectivity index (χ4n) is 5.35. The predicted molar refractivity (Wildman–Crippen MR) is 176 cm³/mol. The molecule has 0 unspecified atom stereocenters. The highest BCUT2D eigenvalue weighted by Gasteiger charge is 2.30. The number of nitrogens with zero attached hydrogens (tertiary/aromatic N) is 6. The topological polar surface area (TPSA) is 103 Å². The van der Waals surface area contributed by atoms with E-state index in [0.717, 1.165) is 33.4 Å². The molecule has 0 saturated heterocycles. The van der Waals surface area contributed by atoms with Crippen LogP contribution in [0.2, 0.25) is 0 Å². The minimum atomic E-state index is -0.333. The maximum absolute atomic E-state index is 6.12. The molecule has 4 aromatic rings. The third-order valence-electron chi connectivity index (χ3n) is 7.67. The van der Waals surface area contributed by atoms with Gasteiger partial charge >= 0.3 is 0 Å². The molecular formula is C36H36N6O3. The lowest BCUT2D eigenvalue weighted by atomic mass is 10.1. The zero-order chi connectivity index (χ0) is 31.4. The van der Waals surface area contributed by atoms with Crippen molar-refractivity contribution in [1.82, 2.24) is 15.0 Å². The molecule has 228 valence electrons. The molecule has 9 heteroatoms. The van der Waals surface area contributed by atoms with E-state index in [2.05, 4.69) is 15.0 Å². The Balaban J connectivity index is 1.32. The summed E-state index contributed by atoms with van der Waals surface area (Å²) in [6.07, 6.45) is 0. The van der Waals surface area contributed by atoms with Crippen molar-refractivity contribution < 1.29 is 14.2 Å². The molecule has 0 spiro atoms. The van der Waals surface area contributed by atoms with E-state index in [9.17, 15) is 0 Å². The standard InChI is InChI=1S/C36H36N6O3/c1-34(2)19-37-31(43-34)25-13-7-10-22(16-25)28-40-29(23-11-8-14-26(17-23)32-38-20-35(3,4)44-32)42-30(41-28)24-12-9-15-27(18-24)33-39-21-36(5,6)45-33/h7-18H,19-21H2,1-6H3. The molecule has 3 aliphatic heterocycles. The van der Waals surface area contributed by atoms with Crippen LogP contribution in [0, 0.1) is 0 Å². The average Bonchev–Trinajstić information content (AvgIpc) is 3.71. The lowest BCUT2D eigenvalue weighted by Gasteiger charge is -2.18. The zero-order valence-electron chi connectivity index (χ0n) is 26.5. The smallest absolute Gasteiger partial charge is 0.216 e. The van der Waals surface area contributed by atoms with E-state index in [4.69, 9.17) is 29.2 Å². The van der Waals surface area contributed by atoms with E-state index in [1.807, 2.05) is 114 Å². The molecule has 9 nitrogen and oxygen atoms in total. The van der Waals surface area contributed by atoms with Crippen molar-refractivity contribution in [2.24, 2.45) is 15.0 Å². The number of ether oxygens (including phenoxy) is 3. The molecule has 7 rings (SSSR count). The van der Waals surface area contributed by atoms with Gasteiger partial charge in [-0.05, 0) is 77.9 Å². The van der Waals surface area contributed by atoms with E-state index in [-0.39, 0.29) is 16.8 Å². The van der Waals surface area contributed by atoms with Gasteiger partial charge in [0.25, 0.3) is 0 Å². The molecule has 45 heavy (non-hydrogen) atoms. The number of rotatable bonds is 6. The van der Waals surface area contributed by atoms with Crippen molar-refractivity contribution in [3.63, 3.8) is 0 Å². The Morgan fingerprint density at radius 1 is 0.422 bits per heavy atom.